The summed E-state index contributed by atoms with van der Waals surface area (Å²) in [6, 6.07) is 1.05. The number of nitrogens with two attached hydrogens (primary N) is 1. The predicted octanol–water partition coefficient (Wildman–Crippen LogP) is 6.86. The van der Waals surface area contributed by atoms with E-state index in [1.54, 1.807) is 89.3 Å². The highest BCUT2D eigenvalue weighted by molar-refractivity contribution is 7.09. The Morgan fingerprint density at radius 1 is 0.893 bits per heavy atom. The lowest BCUT2D eigenvalue weighted by Gasteiger charge is -2.43. The lowest BCUT2D eigenvalue weighted by atomic mass is 9.89. The molecule has 0 aliphatic carbocycles. The molecule has 466 valence electrons. The first-order valence-electron chi connectivity index (χ1n) is 29.1. The van der Waals surface area contributed by atoms with Crippen LogP contribution in [0.1, 0.15) is 130 Å². The molecule has 10 unspecified atom stereocenters. The number of aromatic nitrogens is 1. The zero-order valence-corrected chi connectivity index (χ0v) is 52.6. The van der Waals surface area contributed by atoms with Crippen LogP contribution in [0, 0.1) is 29.6 Å². The lowest BCUT2D eigenvalue weighted by Crippen LogP contribution is -2.61. The van der Waals surface area contributed by atoms with Gasteiger partial charge in [0.1, 0.15) is 29.7 Å². The summed E-state index contributed by atoms with van der Waals surface area (Å²) in [5.74, 6) is -3.95. The van der Waals surface area contributed by atoms with E-state index in [2.05, 4.69) is 61.8 Å². The number of nitrogens with one attached hydrogen (secondary N) is 6. The average Bonchev–Trinajstić information content (AvgIpc) is 3.31. The fourth-order valence-corrected chi connectivity index (χ4v) is 11.2. The number of urea groups is 1. The second kappa shape index (κ2) is 34.8. The van der Waals surface area contributed by atoms with Crippen molar-refractivity contribution in [1.82, 2.24) is 46.3 Å². The molecule has 0 spiro atoms. The SMILES string of the molecule is C=CC=C(C=C)CC(NC(=O)C(C)CC1(NC)CCCN1C(=O)CC(OC)C(C(C)CC)N(C)C(=O)C(NC(=O)C(C(C)C)N(C)C(=O)OCc1ccc(NC(=O)C(CCCNC(=O)N=C)NC(=O)C(N)C(C)C)cc1)C(C)C)c1nccs1. The van der Waals surface area contributed by atoms with Crippen LogP contribution in [0.5, 0.6) is 0 Å². The zero-order chi connectivity index (χ0) is 63.0. The molecule has 0 radical (unpaired) electrons. The Kier molecular flexibility index (Phi) is 29.6. The van der Waals surface area contributed by atoms with Crippen molar-refractivity contribution < 1.29 is 47.8 Å². The number of anilines is 1. The maximum atomic E-state index is 14.8. The molecule has 1 aromatic heterocycles. The van der Waals surface area contributed by atoms with E-state index in [-0.39, 0.29) is 49.6 Å². The number of carbonyl (C=O) groups excluding carboxylic acids is 8. The van der Waals surface area contributed by atoms with Gasteiger partial charge in [-0.25, -0.2) is 19.6 Å². The summed E-state index contributed by atoms with van der Waals surface area (Å²) in [4.78, 5) is 122. The number of methoxy groups -OCH3 is 1. The normalized spacial score (nSPS) is 17.5. The van der Waals surface area contributed by atoms with Gasteiger partial charge in [0.2, 0.25) is 35.4 Å². The van der Waals surface area contributed by atoms with E-state index in [1.807, 2.05) is 51.0 Å². The van der Waals surface area contributed by atoms with Crippen LogP contribution in [-0.4, -0.2) is 157 Å². The van der Waals surface area contributed by atoms with Crippen LogP contribution in [0.2, 0.25) is 0 Å². The van der Waals surface area contributed by atoms with Gasteiger partial charge < -0.3 is 51.6 Å². The highest BCUT2D eigenvalue weighted by atomic mass is 32.1. The van der Waals surface area contributed by atoms with Gasteiger partial charge in [-0.2, -0.15) is 0 Å². The second-order valence-electron chi connectivity index (χ2n) is 22.8. The molecular formula is C61H96N12O10S. The minimum atomic E-state index is -1.05. The molecule has 1 aromatic carbocycles. The summed E-state index contributed by atoms with van der Waals surface area (Å²) in [7, 11) is 6.45. The Balaban J connectivity index is 1.73. The predicted molar refractivity (Wildman–Crippen MR) is 329 cm³/mol. The van der Waals surface area contributed by atoms with Gasteiger partial charge in [0.25, 0.3) is 0 Å². The summed E-state index contributed by atoms with van der Waals surface area (Å²) >= 11 is 1.46. The van der Waals surface area contributed by atoms with Crippen LogP contribution in [-0.2, 0) is 44.8 Å². The molecule has 1 saturated heterocycles. The van der Waals surface area contributed by atoms with Gasteiger partial charge in [0.15, 0.2) is 0 Å². The Morgan fingerprint density at radius 3 is 2.12 bits per heavy atom. The second-order valence-corrected chi connectivity index (χ2v) is 23.7. The van der Waals surface area contributed by atoms with E-state index < -0.39 is 102 Å². The maximum Gasteiger partial charge on any atom is 0.410 e. The molecule has 0 bridgehead atoms. The first-order valence-corrected chi connectivity index (χ1v) is 30.0. The summed E-state index contributed by atoms with van der Waals surface area (Å²) in [6.45, 7) is 28.0. The lowest BCUT2D eigenvalue weighted by molar-refractivity contribution is -0.148. The van der Waals surface area contributed by atoms with Gasteiger partial charge >= 0.3 is 12.1 Å². The number of hydrogen-bond donors (Lipinski definition) is 7. The number of ether oxygens (including phenoxy) is 2. The van der Waals surface area contributed by atoms with E-state index in [9.17, 15) is 38.4 Å². The number of likely N-dealkylation sites (N-methyl/N-ethyl adjacent to an activating group) is 2. The van der Waals surface area contributed by atoms with Crippen molar-refractivity contribution in [1.29, 1.82) is 0 Å². The zero-order valence-electron chi connectivity index (χ0n) is 51.8. The fraction of sp³-hybridized carbons (Fsp3) is 0.607. The van der Waals surface area contributed by atoms with Crippen molar-refractivity contribution in [3.05, 3.63) is 83.4 Å². The quantitative estimate of drug-likeness (QED) is 0.0214. The molecule has 22 nitrogen and oxygen atoms in total. The maximum absolute atomic E-state index is 14.8. The Hall–Kier alpha value is -6.82. The minimum absolute atomic E-state index is 0.0592. The van der Waals surface area contributed by atoms with Crippen LogP contribution >= 0.6 is 11.3 Å². The van der Waals surface area contributed by atoms with Crippen molar-refractivity contribution in [2.24, 2.45) is 40.3 Å². The molecule has 2 heterocycles. The Morgan fingerprint density at radius 2 is 1.57 bits per heavy atom. The first-order chi connectivity index (χ1) is 39.7. The highest BCUT2D eigenvalue weighted by Crippen LogP contribution is 2.35. The number of amides is 9. The summed E-state index contributed by atoms with van der Waals surface area (Å²) < 4.78 is 11.8. The van der Waals surface area contributed by atoms with Gasteiger partial charge in [0.05, 0.1) is 36.3 Å². The molecule has 10 atom stereocenters. The van der Waals surface area contributed by atoms with Crippen LogP contribution in [0.3, 0.4) is 0 Å². The molecule has 9 amide bonds. The first kappa shape index (κ1) is 71.4. The molecule has 0 saturated carbocycles. The van der Waals surface area contributed by atoms with E-state index in [0.29, 0.717) is 56.3 Å². The van der Waals surface area contributed by atoms with Crippen molar-refractivity contribution in [3.8, 4) is 0 Å². The molecule has 2 aromatic rings. The molecule has 23 heteroatoms. The smallest absolute Gasteiger partial charge is 0.410 e. The molecule has 1 fully saturated rings. The van der Waals surface area contributed by atoms with E-state index in [1.165, 1.54) is 30.4 Å². The molecule has 3 rings (SSSR count). The fourth-order valence-electron chi connectivity index (χ4n) is 10.5. The highest BCUT2D eigenvalue weighted by Gasteiger charge is 2.47. The van der Waals surface area contributed by atoms with Crippen molar-refractivity contribution >= 4 is 71.3 Å². The van der Waals surface area contributed by atoms with E-state index >= 15 is 0 Å². The minimum Gasteiger partial charge on any atom is -0.445 e. The van der Waals surface area contributed by atoms with Crippen LogP contribution < -0.4 is 37.6 Å². The Bertz CT molecular complexity index is 2560. The number of nitrogens with zero attached hydrogens (tertiary/aromatic N) is 5. The summed E-state index contributed by atoms with van der Waals surface area (Å²) in [5.41, 5.74) is 7.09. The van der Waals surface area contributed by atoms with Gasteiger partial charge in [-0.3, -0.25) is 39.0 Å². The number of carbonyl (C=O) groups is 8. The third-order valence-electron chi connectivity index (χ3n) is 15.7. The van der Waals surface area contributed by atoms with Gasteiger partial charge in [-0.1, -0.05) is 112 Å². The number of hydrogen-bond acceptors (Lipinski definition) is 14. The number of rotatable bonds is 34. The van der Waals surface area contributed by atoms with Crippen molar-refractivity contribution in [3.63, 3.8) is 0 Å². The number of likely N-dealkylation sites (tertiary alicyclic amines) is 1. The third kappa shape index (κ3) is 20.5. The van der Waals surface area contributed by atoms with Crippen molar-refractivity contribution in [2.75, 3.05) is 46.7 Å². The Labute approximate surface area is 502 Å². The average molecular weight is 1190 g/mol. The number of thiazole rings is 1. The van der Waals surface area contributed by atoms with Gasteiger partial charge in [0, 0.05) is 57.5 Å². The molecular weight excluding hydrogens is 1090 g/mol. The molecule has 1 aliphatic heterocycles. The largest absolute Gasteiger partial charge is 0.445 e. The van der Waals surface area contributed by atoms with Crippen LogP contribution in [0.15, 0.2) is 77.8 Å². The summed E-state index contributed by atoms with van der Waals surface area (Å²) in [6.07, 6.45) is 8.71. The molecule has 8 N–H and O–H groups in total. The number of allylic oxidation sites excluding steroid dienone is 3. The molecule has 84 heavy (non-hydrogen) atoms. The van der Waals surface area contributed by atoms with Crippen molar-refractivity contribution in [2.45, 2.75) is 168 Å². The van der Waals surface area contributed by atoms with E-state index in [0.717, 1.165) is 10.6 Å². The van der Waals surface area contributed by atoms with Gasteiger partial charge in [-0.15, -0.1) is 11.3 Å². The third-order valence-corrected chi connectivity index (χ3v) is 16.6. The number of benzene rings is 1. The summed E-state index contributed by atoms with van der Waals surface area (Å²) in [5, 5.41) is 20.3. The van der Waals surface area contributed by atoms with Gasteiger partial charge in [-0.05, 0) is 99.2 Å². The number of aliphatic imine (C=N–C) groups is 1. The standard InChI is InChI=1S/C61H96N12O10S/c1-17-22-42(19-3)33-46(57-65-30-32-84-57)69-53(75)41(11)35-61(64-13)28-21-31-73(61)48(74)34-47(82-16)52(40(10)18-2)71(14)58(79)50(38(6)7)70-56(78)51(39(8)9)72(15)60(81)83-36-43-24-26-44(27-25-43)67-54(76)45(23-20-29-66-59(80)63-12)68-55(77)49(62)37(4)5/h17,19,22,24-27,30,32,37-41,45-47,49-52,64H,1,3,12,18,20-21,23,28-29,31,33-36,62H2,2,4-11,13-16H3,(H,66,80)(H,67,76)(H,68,77)(H,69,75)(H,70,78). The monoisotopic (exact) mass is 1190 g/mol. The molecule has 1 aliphatic rings. The van der Waals surface area contributed by atoms with E-state index in [4.69, 9.17) is 15.2 Å². The van der Waals surface area contributed by atoms with Crippen LogP contribution in [0.25, 0.3) is 0 Å². The van der Waals surface area contributed by atoms with Crippen LogP contribution in [0.4, 0.5) is 15.3 Å². The topological polar surface area (TPSA) is 288 Å².